The van der Waals surface area contributed by atoms with E-state index < -0.39 is 0 Å². The Labute approximate surface area is 170 Å². The third-order valence-corrected chi connectivity index (χ3v) is 5.08. The van der Waals surface area contributed by atoms with E-state index in [1.807, 2.05) is 20.8 Å². The summed E-state index contributed by atoms with van der Waals surface area (Å²) < 4.78 is 5.55. The molecule has 2 N–H and O–H groups in total. The second-order valence-electron chi connectivity index (χ2n) is 6.25. The molecule has 28 heavy (non-hydrogen) atoms. The fraction of sp³-hybridized carbons (Fsp3) is 0.353. The molecule has 0 saturated heterocycles. The summed E-state index contributed by atoms with van der Waals surface area (Å²) in [5.41, 5.74) is 2.83. The number of hydrogen-bond donors (Lipinski definition) is 2. The van der Waals surface area contributed by atoms with Crippen LogP contribution in [-0.2, 0) is 24.9 Å². The zero-order valence-corrected chi connectivity index (χ0v) is 17.6. The average molecular weight is 449 g/mol. The fourth-order valence-corrected chi connectivity index (χ4v) is 2.99. The molecule has 148 valence electrons. The van der Waals surface area contributed by atoms with Gasteiger partial charge in [-0.25, -0.2) is 0 Å². The van der Waals surface area contributed by atoms with Crippen molar-refractivity contribution in [3.05, 3.63) is 40.1 Å². The third-order valence-electron chi connectivity index (χ3n) is 4.30. The summed E-state index contributed by atoms with van der Waals surface area (Å²) in [7, 11) is 1.79. The molecule has 3 aromatic heterocycles. The van der Waals surface area contributed by atoms with Crippen molar-refractivity contribution in [3.63, 3.8) is 0 Å². The minimum Gasteiger partial charge on any atom is -0.321 e. The molecule has 0 aromatic carbocycles. The lowest BCUT2D eigenvalue weighted by Crippen LogP contribution is -2.23. The van der Waals surface area contributed by atoms with Gasteiger partial charge in [0.1, 0.15) is 12.2 Å². The standard InChI is InChI=1S/C17H21BrN8O2/c1-5-26-16(17(28)22-13-6-19-24(4)11(13)3)14(7-20-26)21-15(27)9-25-8-12(18)10(2)23-25/h6-8H,5,9H2,1-4H3,(H,21,27)(H,22,28). The Bertz CT molecular complexity index is 1010. The monoisotopic (exact) mass is 448 g/mol. The number of nitrogens with zero attached hydrogens (tertiary/aromatic N) is 6. The third kappa shape index (κ3) is 3.98. The van der Waals surface area contributed by atoms with E-state index in [-0.39, 0.29) is 24.1 Å². The number of carbonyl (C=O) groups is 2. The van der Waals surface area contributed by atoms with Gasteiger partial charge < -0.3 is 10.6 Å². The van der Waals surface area contributed by atoms with Crippen molar-refractivity contribution < 1.29 is 9.59 Å². The maximum Gasteiger partial charge on any atom is 0.276 e. The second kappa shape index (κ2) is 7.97. The van der Waals surface area contributed by atoms with Gasteiger partial charge in [-0.2, -0.15) is 15.3 Å². The smallest absolute Gasteiger partial charge is 0.276 e. The van der Waals surface area contributed by atoms with E-state index in [1.54, 1.807) is 24.1 Å². The van der Waals surface area contributed by atoms with Crippen LogP contribution in [0.15, 0.2) is 23.1 Å². The van der Waals surface area contributed by atoms with E-state index in [2.05, 4.69) is 41.9 Å². The Hall–Kier alpha value is -2.95. The van der Waals surface area contributed by atoms with Crippen LogP contribution < -0.4 is 10.6 Å². The average Bonchev–Trinajstić information content (AvgIpc) is 3.28. The highest BCUT2D eigenvalue weighted by molar-refractivity contribution is 9.10. The first-order valence-electron chi connectivity index (χ1n) is 8.65. The van der Waals surface area contributed by atoms with Crippen LogP contribution in [0.2, 0.25) is 0 Å². The van der Waals surface area contributed by atoms with Crippen LogP contribution in [0.25, 0.3) is 0 Å². The summed E-state index contributed by atoms with van der Waals surface area (Å²) in [5.74, 6) is -0.680. The molecule has 0 saturated carbocycles. The summed E-state index contributed by atoms with van der Waals surface area (Å²) in [6.07, 6.45) is 4.77. The summed E-state index contributed by atoms with van der Waals surface area (Å²) in [4.78, 5) is 25.3. The first-order valence-corrected chi connectivity index (χ1v) is 9.44. The lowest BCUT2D eigenvalue weighted by Gasteiger charge is -2.10. The van der Waals surface area contributed by atoms with Crippen molar-refractivity contribution in [2.75, 3.05) is 10.6 Å². The Morgan fingerprint density at radius 1 is 1.14 bits per heavy atom. The minimum absolute atomic E-state index is 0.0204. The molecule has 0 aliphatic rings. The van der Waals surface area contributed by atoms with E-state index in [4.69, 9.17) is 0 Å². The molecule has 0 radical (unpaired) electrons. The van der Waals surface area contributed by atoms with Crippen LogP contribution in [0.3, 0.4) is 0 Å². The van der Waals surface area contributed by atoms with E-state index in [0.29, 0.717) is 17.9 Å². The van der Waals surface area contributed by atoms with Crippen LogP contribution in [0.4, 0.5) is 11.4 Å². The van der Waals surface area contributed by atoms with Gasteiger partial charge in [-0.1, -0.05) is 0 Å². The van der Waals surface area contributed by atoms with Gasteiger partial charge in [-0.3, -0.25) is 23.6 Å². The van der Waals surface area contributed by atoms with Gasteiger partial charge >= 0.3 is 0 Å². The number of rotatable bonds is 6. The number of aryl methyl sites for hydroxylation is 3. The van der Waals surface area contributed by atoms with Crippen molar-refractivity contribution >= 4 is 39.1 Å². The first kappa shape index (κ1) is 19.8. The number of anilines is 2. The quantitative estimate of drug-likeness (QED) is 0.599. The summed E-state index contributed by atoms with van der Waals surface area (Å²) in [6, 6.07) is 0. The molecular formula is C17H21BrN8O2. The van der Waals surface area contributed by atoms with Gasteiger partial charge in [0.15, 0.2) is 0 Å². The predicted octanol–water partition coefficient (Wildman–Crippen LogP) is 2.10. The number of aromatic nitrogens is 6. The molecule has 3 aromatic rings. The van der Waals surface area contributed by atoms with E-state index in [1.165, 1.54) is 15.6 Å². The molecule has 0 atom stereocenters. The van der Waals surface area contributed by atoms with Gasteiger partial charge in [0, 0.05) is 19.8 Å². The van der Waals surface area contributed by atoms with Gasteiger partial charge in [0.25, 0.3) is 5.91 Å². The summed E-state index contributed by atoms with van der Waals surface area (Å²) in [6.45, 7) is 6.07. The summed E-state index contributed by atoms with van der Waals surface area (Å²) >= 11 is 3.37. The topological polar surface area (TPSA) is 112 Å². The van der Waals surface area contributed by atoms with Crippen molar-refractivity contribution in [2.45, 2.75) is 33.9 Å². The molecule has 10 nitrogen and oxygen atoms in total. The highest BCUT2D eigenvalue weighted by Gasteiger charge is 2.21. The number of hydrogen-bond acceptors (Lipinski definition) is 5. The summed E-state index contributed by atoms with van der Waals surface area (Å²) in [5, 5.41) is 18.1. The highest BCUT2D eigenvalue weighted by Crippen LogP contribution is 2.20. The van der Waals surface area contributed by atoms with Crippen LogP contribution in [0.1, 0.15) is 28.8 Å². The maximum absolute atomic E-state index is 12.8. The van der Waals surface area contributed by atoms with E-state index in [9.17, 15) is 9.59 Å². The molecule has 3 rings (SSSR count). The zero-order valence-electron chi connectivity index (χ0n) is 16.0. The van der Waals surface area contributed by atoms with E-state index in [0.717, 1.165) is 15.9 Å². The zero-order chi connectivity index (χ0) is 20.4. The molecule has 0 aliphatic carbocycles. The number of halogens is 1. The Balaban J connectivity index is 1.78. The number of carbonyl (C=O) groups excluding carboxylic acids is 2. The number of nitrogens with one attached hydrogen (secondary N) is 2. The molecule has 3 heterocycles. The lowest BCUT2D eigenvalue weighted by molar-refractivity contribution is -0.116. The fourth-order valence-electron chi connectivity index (χ4n) is 2.67. The molecule has 0 unspecified atom stereocenters. The molecule has 0 bridgehead atoms. The molecule has 0 aliphatic heterocycles. The molecular weight excluding hydrogens is 428 g/mol. The Morgan fingerprint density at radius 2 is 1.86 bits per heavy atom. The van der Waals surface area contributed by atoms with Gasteiger partial charge in [-0.05, 0) is 36.7 Å². The maximum atomic E-state index is 12.8. The Kier molecular flexibility index (Phi) is 5.63. The second-order valence-corrected chi connectivity index (χ2v) is 7.11. The van der Waals surface area contributed by atoms with Crippen molar-refractivity contribution in [3.8, 4) is 0 Å². The van der Waals surface area contributed by atoms with Gasteiger partial charge in [0.2, 0.25) is 5.91 Å². The predicted molar refractivity (Wildman–Crippen MR) is 107 cm³/mol. The Morgan fingerprint density at radius 3 is 2.43 bits per heavy atom. The molecule has 11 heteroatoms. The van der Waals surface area contributed by atoms with Crippen LogP contribution >= 0.6 is 15.9 Å². The minimum atomic E-state index is -0.372. The van der Waals surface area contributed by atoms with Crippen LogP contribution in [0.5, 0.6) is 0 Å². The normalized spacial score (nSPS) is 10.9. The van der Waals surface area contributed by atoms with Crippen molar-refractivity contribution in [1.29, 1.82) is 0 Å². The molecule has 2 amide bonds. The van der Waals surface area contributed by atoms with Gasteiger partial charge in [0.05, 0.1) is 39.6 Å². The molecule has 0 spiro atoms. The van der Waals surface area contributed by atoms with Gasteiger partial charge in [-0.15, -0.1) is 0 Å². The van der Waals surface area contributed by atoms with E-state index >= 15 is 0 Å². The van der Waals surface area contributed by atoms with Crippen molar-refractivity contribution in [2.24, 2.45) is 7.05 Å². The first-order chi connectivity index (χ1) is 13.3. The largest absolute Gasteiger partial charge is 0.321 e. The lowest BCUT2D eigenvalue weighted by atomic mass is 10.3. The van der Waals surface area contributed by atoms with Crippen molar-refractivity contribution in [1.82, 2.24) is 29.3 Å². The SMILES string of the molecule is CCn1ncc(NC(=O)Cn2cc(Br)c(C)n2)c1C(=O)Nc1cnn(C)c1C. The van der Waals surface area contributed by atoms with Crippen LogP contribution in [0, 0.1) is 13.8 Å². The number of amides is 2. The van der Waals surface area contributed by atoms with Crippen LogP contribution in [-0.4, -0.2) is 41.2 Å². The molecule has 0 fully saturated rings. The highest BCUT2D eigenvalue weighted by atomic mass is 79.9.